The summed E-state index contributed by atoms with van der Waals surface area (Å²) in [6, 6.07) is 9.32. The molecule has 0 atom stereocenters. The van der Waals surface area contributed by atoms with E-state index in [0.717, 1.165) is 16.0 Å². The highest BCUT2D eigenvalue weighted by atomic mass is 32.2. The fourth-order valence-electron chi connectivity index (χ4n) is 2.17. The molecule has 5 N–H and O–H groups in total. The van der Waals surface area contributed by atoms with Gasteiger partial charge < -0.3 is 11.1 Å². The van der Waals surface area contributed by atoms with Crippen LogP contribution in [0.4, 0.5) is 17.6 Å². The fourth-order valence-corrected chi connectivity index (χ4v) is 3.56. The molecule has 2 heterocycles. The molecule has 136 valence electrons. The van der Waals surface area contributed by atoms with E-state index in [4.69, 9.17) is 10.9 Å². The second kappa shape index (κ2) is 6.86. The Morgan fingerprint density at radius 1 is 1.23 bits per heavy atom. The standard InChI is InChI=1S/C15H16N6O3S2/c1-2-10-5-8-12(25-10)13(22)21-14(16)19-15(20-21)18-9-3-6-11(7-4-9)26(17,23)24/h3-8H,2H2,1H3,(H2,17,23,24)(H3,16,18,19,20). The number of sulfonamides is 1. The molecule has 1 aromatic carbocycles. The number of anilines is 3. The molecule has 0 fully saturated rings. The molecule has 0 amide bonds. The predicted molar refractivity (Wildman–Crippen MR) is 99.0 cm³/mol. The first-order valence-corrected chi connectivity index (χ1v) is 9.90. The average Bonchev–Trinajstić information content (AvgIpc) is 3.20. The van der Waals surface area contributed by atoms with E-state index in [2.05, 4.69) is 15.4 Å². The summed E-state index contributed by atoms with van der Waals surface area (Å²) in [5, 5.41) is 12.0. The van der Waals surface area contributed by atoms with Crippen molar-refractivity contribution in [1.82, 2.24) is 14.8 Å². The van der Waals surface area contributed by atoms with E-state index >= 15 is 0 Å². The van der Waals surface area contributed by atoms with Crippen LogP contribution < -0.4 is 16.2 Å². The van der Waals surface area contributed by atoms with Crippen molar-refractivity contribution in [1.29, 1.82) is 0 Å². The van der Waals surface area contributed by atoms with Crippen molar-refractivity contribution in [2.24, 2.45) is 5.14 Å². The van der Waals surface area contributed by atoms with Gasteiger partial charge in [-0.2, -0.15) is 9.67 Å². The summed E-state index contributed by atoms with van der Waals surface area (Å²) >= 11 is 1.38. The third kappa shape index (κ3) is 3.74. The lowest BCUT2D eigenvalue weighted by molar-refractivity contribution is 0.0952. The number of benzene rings is 1. The van der Waals surface area contributed by atoms with Gasteiger partial charge in [-0.3, -0.25) is 4.79 Å². The van der Waals surface area contributed by atoms with Gasteiger partial charge in [0.2, 0.25) is 21.9 Å². The number of aryl methyl sites for hydroxylation is 1. The number of nitrogens with one attached hydrogen (secondary N) is 1. The minimum Gasteiger partial charge on any atom is -0.368 e. The first kappa shape index (κ1) is 18.0. The quantitative estimate of drug-likeness (QED) is 0.597. The second-order valence-electron chi connectivity index (χ2n) is 5.32. The Labute approximate surface area is 153 Å². The minimum absolute atomic E-state index is 0.0133. The van der Waals surface area contributed by atoms with Crippen LogP contribution in [0.1, 0.15) is 21.5 Å². The van der Waals surface area contributed by atoms with Gasteiger partial charge in [-0.1, -0.05) is 6.92 Å². The van der Waals surface area contributed by atoms with Crippen LogP contribution in [0, 0.1) is 0 Å². The van der Waals surface area contributed by atoms with E-state index in [1.54, 1.807) is 6.07 Å². The lowest BCUT2D eigenvalue weighted by Crippen LogP contribution is -2.15. The molecule has 0 bridgehead atoms. The Bertz CT molecular complexity index is 1050. The predicted octanol–water partition coefficient (Wildman–Crippen LogP) is 1.56. The SMILES string of the molecule is CCc1ccc(C(=O)n2nc(Nc3ccc(S(N)(=O)=O)cc3)nc2N)s1. The lowest BCUT2D eigenvalue weighted by Gasteiger charge is -2.03. The first-order valence-electron chi connectivity index (χ1n) is 7.53. The summed E-state index contributed by atoms with van der Waals surface area (Å²) in [6.07, 6.45) is 0.839. The van der Waals surface area contributed by atoms with Crippen LogP contribution in [0.3, 0.4) is 0 Å². The van der Waals surface area contributed by atoms with Gasteiger partial charge >= 0.3 is 0 Å². The molecule has 0 spiro atoms. The maximum Gasteiger partial charge on any atom is 0.291 e. The van der Waals surface area contributed by atoms with Gasteiger partial charge in [0.15, 0.2) is 0 Å². The average molecular weight is 392 g/mol. The van der Waals surface area contributed by atoms with Crippen LogP contribution in [0.5, 0.6) is 0 Å². The topological polar surface area (TPSA) is 146 Å². The van der Waals surface area contributed by atoms with Gasteiger partial charge in [0.25, 0.3) is 5.91 Å². The third-order valence-corrected chi connectivity index (χ3v) is 5.63. The van der Waals surface area contributed by atoms with Crippen LogP contribution in [-0.4, -0.2) is 29.1 Å². The zero-order valence-electron chi connectivity index (χ0n) is 13.7. The molecule has 0 unspecified atom stereocenters. The lowest BCUT2D eigenvalue weighted by atomic mass is 10.3. The van der Waals surface area contributed by atoms with E-state index < -0.39 is 10.0 Å². The van der Waals surface area contributed by atoms with Gasteiger partial charge in [0.1, 0.15) is 0 Å². The summed E-state index contributed by atoms with van der Waals surface area (Å²) in [7, 11) is -3.76. The molecule has 2 aromatic heterocycles. The summed E-state index contributed by atoms with van der Waals surface area (Å²) < 4.78 is 23.5. The Kier molecular flexibility index (Phi) is 4.76. The number of carbonyl (C=O) groups excluding carboxylic acids is 1. The van der Waals surface area contributed by atoms with Crippen molar-refractivity contribution in [2.75, 3.05) is 11.1 Å². The van der Waals surface area contributed by atoms with Gasteiger partial charge in [0, 0.05) is 10.6 Å². The van der Waals surface area contributed by atoms with Crippen molar-refractivity contribution < 1.29 is 13.2 Å². The van der Waals surface area contributed by atoms with E-state index in [1.165, 1.54) is 35.6 Å². The smallest absolute Gasteiger partial charge is 0.291 e. The highest BCUT2D eigenvalue weighted by molar-refractivity contribution is 7.89. The van der Waals surface area contributed by atoms with E-state index in [-0.39, 0.29) is 22.7 Å². The third-order valence-electron chi connectivity index (χ3n) is 3.48. The molecular formula is C15H16N6O3S2. The number of carbonyl (C=O) groups is 1. The van der Waals surface area contributed by atoms with Crippen molar-refractivity contribution in [3.05, 3.63) is 46.2 Å². The molecule has 9 nitrogen and oxygen atoms in total. The van der Waals surface area contributed by atoms with Crippen molar-refractivity contribution >= 4 is 44.9 Å². The Morgan fingerprint density at radius 3 is 2.50 bits per heavy atom. The zero-order chi connectivity index (χ0) is 18.9. The van der Waals surface area contributed by atoms with E-state index in [0.29, 0.717) is 10.6 Å². The number of rotatable bonds is 5. The normalized spacial score (nSPS) is 11.5. The summed E-state index contributed by atoms with van der Waals surface area (Å²) in [5.74, 6) is -0.297. The number of nitrogen functional groups attached to an aromatic ring is 1. The molecule has 11 heteroatoms. The number of nitrogens with zero attached hydrogens (tertiary/aromatic N) is 3. The number of thiophene rings is 1. The molecule has 0 aliphatic rings. The van der Waals surface area contributed by atoms with Crippen LogP contribution in [0.15, 0.2) is 41.3 Å². The minimum atomic E-state index is -3.76. The number of primary sulfonamides is 1. The maximum absolute atomic E-state index is 12.5. The van der Waals surface area contributed by atoms with Crippen LogP contribution in [0.25, 0.3) is 0 Å². The molecule has 0 radical (unpaired) electrons. The van der Waals surface area contributed by atoms with Crippen molar-refractivity contribution in [2.45, 2.75) is 18.2 Å². The Balaban J connectivity index is 1.80. The van der Waals surface area contributed by atoms with Crippen molar-refractivity contribution in [3.63, 3.8) is 0 Å². The molecule has 0 aliphatic carbocycles. The molecule has 0 saturated heterocycles. The van der Waals surface area contributed by atoms with Crippen LogP contribution >= 0.6 is 11.3 Å². The number of nitrogens with two attached hydrogens (primary N) is 2. The van der Waals surface area contributed by atoms with Crippen LogP contribution in [0.2, 0.25) is 0 Å². The van der Waals surface area contributed by atoms with Gasteiger partial charge in [-0.25, -0.2) is 13.6 Å². The van der Waals surface area contributed by atoms with E-state index in [1.807, 2.05) is 13.0 Å². The fraction of sp³-hybridized carbons (Fsp3) is 0.133. The number of hydrogen-bond donors (Lipinski definition) is 3. The first-order chi connectivity index (χ1) is 12.3. The highest BCUT2D eigenvalue weighted by Gasteiger charge is 2.18. The molecule has 3 aromatic rings. The molecule has 0 aliphatic heterocycles. The molecular weight excluding hydrogens is 376 g/mol. The summed E-state index contributed by atoms with van der Waals surface area (Å²) in [5.41, 5.74) is 6.31. The second-order valence-corrected chi connectivity index (χ2v) is 8.05. The van der Waals surface area contributed by atoms with E-state index in [9.17, 15) is 13.2 Å². The van der Waals surface area contributed by atoms with Gasteiger partial charge in [-0.15, -0.1) is 16.4 Å². The summed E-state index contributed by atoms with van der Waals surface area (Å²) in [6.45, 7) is 2.01. The van der Waals surface area contributed by atoms with Crippen molar-refractivity contribution in [3.8, 4) is 0 Å². The summed E-state index contributed by atoms with van der Waals surface area (Å²) in [4.78, 5) is 18.1. The largest absolute Gasteiger partial charge is 0.368 e. The molecule has 0 saturated carbocycles. The molecule has 26 heavy (non-hydrogen) atoms. The number of aromatic nitrogens is 3. The maximum atomic E-state index is 12.5. The van der Waals surface area contributed by atoms with Gasteiger partial charge in [-0.05, 0) is 42.8 Å². The Hall–Kier alpha value is -2.76. The number of hydrogen-bond acceptors (Lipinski definition) is 8. The Morgan fingerprint density at radius 2 is 1.92 bits per heavy atom. The zero-order valence-corrected chi connectivity index (χ0v) is 15.3. The van der Waals surface area contributed by atoms with Gasteiger partial charge in [0.05, 0.1) is 9.77 Å². The van der Waals surface area contributed by atoms with Crippen LogP contribution in [-0.2, 0) is 16.4 Å². The highest BCUT2D eigenvalue weighted by Crippen LogP contribution is 2.21. The molecule has 3 rings (SSSR count). The monoisotopic (exact) mass is 392 g/mol.